The highest BCUT2D eigenvalue weighted by atomic mass is 127. The molecule has 0 aliphatic carbocycles. The summed E-state index contributed by atoms with van der Waals surface area (Å²) in [5.41, 5.74) is 0. The zero-order chi connectivity index (χ0) is 17.0. The molecule has 5 nitrogen and oxygen atoms in total. The van der Waals surface area contributed by atoms with Crippen LogP contribution in [-0.2, 0) is 15.9 Å². The molecule has 1 aromatic heterocycles. The summed E-state index contributed by atoms with van der Waals surface area (Å²) < 4.78 is 11.1. The summed E-state index contributed by atoms with van der Waals surface area (Å²) in [5, 5.41) is 5.50. The molecule has 0 aromatic carbocycles. The van der Waals surface area contributed by atoms with Crippen molar-refractivity contribution in [2.45, 2.75) is 26.2 Å². The Hall–Kier alpha value is -0.380. The average Bonchev–Trinajstić information content (AvgIpc) is 3.28. The van der Waals surface area contributed by atoms with E-state index in [-0.39, 0.29) is 24.0 Å². The topological polar surface area (TPSA) is 46.1 Å². The van der Waals surface area contributed by atoms with Gasteiger partial charge in [-0.1, -0.05) is 6.07 Å². The molecule has 2 rings (SSSR count). The molecule has 1 saturated heterocycles. The zero-order valence-corrected chi connectivity index (χ0v) is 18.6. The first-order valence-corrected chi connectivity index (χ1v) is 9.85. The lowest BCUT2D eigenvalue weighted by atomic mass is 10.1. The molecule has 1 aliphatic rings. The van der Waals surface area contributed by atoms with Crippen molar-refractivity contribution < 1.29 is 9.47 Å². The van der Waals surface area contributed by atoms with Crippen LogP contribution in [0.15, 0.2) is 22.5 Å². The predicted molar refractivity (Wildman–Crippen MR) is 116 cm³/mol. The van der Waals surface area contributed by atoms with Gasteiger partial charge >= 0.3 is 0 Å². The molecule has 1 atom stereocenters. The van der Waals surface area contributed by atoms with E-state index in [9.17, 15) is 0 Å². The first kappa shape index (κ1) is 22.7. The molecule has 1 unspecified atom stereocenters. The monoisotopic (exact) mass is 481 g/mol. The normalized spacial score (nSPS) is 17.4. The summed E-state index contributed by atoms with van der Waals surface area (Å²) in [6.07, 6.45) is 3.16. The quantitative estimate of drug-likeness (QED) is 0.241. The van der Waals surface area contributed by atoms with Crippen LogP contribution >= 0.6 is 35.3 Å². The zero-order valence-electron chi connectivity index (χ0n) is 15.4. The van der Waals surface area contributed by atoms with Crippen LogP contribution in [0.2, 0.25) is 0 Å². The second-order valence-corrected chi connectivity index (χ2v) is 7.18. The van der Waals surface area contributed by atoms with Gasteiger partial charge in [0.2, 0.25) is 0 Å². The molecular weight excluding hydrogens is 449 g/mol. The third kappa shape index (κ3) is 9.21. The molecule has 1 aliphatic heterocycles. The van der Waals surface area contributed by atoms with Gasteiger partial charge in [0.15, 0.2) is 5.96 Å². The van der Waals surface area contributed by atoms with Gasteiger partial charge < -0.3 is 19.7 Å². The van der Waals surface area contributed by atoms with E-state index < -0.39 is 0 Å². The minimum atomic E-state index is 0. The highest BCUT2D eigenvalue weighted by Gasteiger charge is 2.15. The lowest BCUT2D eigenvalue weighted by molar-refractivity contribution is 0.0893. The summed E-state index contributed by atoms with van der Waals surface area (Å²) in [6.45, 7) is 8.12. The number of hydrogen-bond donors (Lipinski definition) is 1. The molecule has 2 heterocycles. The van der Waals surface area contributed by atoms with Gasteiger partial charge in [0, 0.05) is 50.7 Å². The number of aliphatic imine (C=N–C) groups is 1. The third-order valence-corrected chi connectivity index (χ3v) is 4.99. The molecule has 144 valence electrons. The number of halogens is 1. The van der Waals surface area contributed by atoms with E-state index in [0.29, 0.717) is 5.92 Å². The first-order chi connectivity index (χ1) is 11.8. The molecule has 1 fully saturated rings. The van der Waals surface area contributed by atoms with E-state index in [1.807, 2.05) is 11.3 Å². The van der Waals surface area contributed by atoms with Crippen molar-refractivity contribution in [2.24, 2.45) is 10.9 Å². The maximum absolute atomic E-state index is 5.73. The van der Waals surface area contributed by atoms with Gasteiger partial charge in [0.1, 0.15) is 0 Å². The molecule has 0 saturated carbocycles. The Morgan fingerprint density at radius 2 is 2.40 bits per heavy atom. The first-order valence-electron chi connectivity index (χ1n) is 8.97. The van der Waals surface area contributed by atoms with Gasteiger partial charge in [0.25, 0.3) is 0 Å². The van der Waals surface area contributed by atoms with Crippen LogP contribution in [0.5, 0.6) is 0 Å². The van der Waals surface area contributed by atoms with E-state index in [4.69, 9.17) is 14.5 Å². The van der Waals surface area contributed by atoms with Crippen LogP contribution in [0.3, 0.4) is 0 Å². The van der Waals surface area contributed by atoms with Crippen LogP contribution in [0, 0.1) is 5.92 Å². The van der Waals surface area contributed by atoms with Crippen LogP contribution in [-0.4, -0.2) is 64.0 Å². The largest absolute Gasteiger partial charge is 0.381 e. The molecular formula is C18H32IN3O2S. The predicted octanol–water partition coefficient (Wildman–Crippen LogP) is 3.25. The van der Waals surface area contributed by atoms with Gasteiger partial charge in [-0.15, -0.1) is 35.3 Å². The molecule has 25 heavy (non-hydrogen) atoms. The highest BCUT2D eigenvalue weighted by molar-refractivity contribution is 14.0. The second kappa shape index (κ2) is 13.8. The molecule has 0 radical (unpaired) electrons. The lowest BCUT2D eigenvalue weighted by Crippen LogP contribution is -2.40. The van der Waals surface area contributed by atoms with Crippen LogP contribution in [0.1, 0.15) is 24.6 Å². The van der Waals surface area contributed by atoms with Crippen molar-refractivity contribution in [3.05, 3.63) is 22.4 Å². The number of rotatable bonds is 10. The van der Waals surface area contributed by atoms with E-state index in [2.05, 4.69) is 41.7 Å². The number of nitrogens with zero attached hydrogens (tertiary/aromatic N) is 2. The van der Waals surface area contributed by atoms with Crippen molar-refractivity contribution in [1.29, 1.82) is 0 Å². The highest BCUT2D eigenvalue weighted by Crippen LogP contribution is 2.12. The van der Waals surface area contributed by atoms with Gasteiger partial charge in [-0.05, 0) is 37.6 Å². The Morgan fingerprint density at radius 3 is 3.08 bits per heavy atom. The van der Waals surface area contributed by atoms with Crippen molar-refractivity contribution in [2.75, 3.05) is 53.1 Å². The lowest BCUT2D eigenvalue weighted by Gasteiger charge is -2.21. The fraction of sp³-hybridized carbons (Fsp3) is 0.722. The average molecular weight is 481 g/mol. The summed E-state index contributed by atoms with van der Waals surface area (Å²) in [4.78, 5) is 8.34. The van der Waals surface area contributed by atoms with Crippen molar-refractivity contribution >= 4 is 41.3 Å². The minimum absolute atomic E-state index is 0. The van der Waals surface area contributed by atoms with Gasteiger partial charge in [-0.3, -0.25) is 4.99 Å². The molecule has 1 aromatic rings. The van der Waals surface area contributed by atoms with E-state index in [1.54, 1.807) is 0 Å². The summed E-state index contributed by atoms with van der Waals surface area (Å²) >= 11 is 1.81. The standard InChI is InChI=1S/C18H31N3O2S.HI/c1-3-19-18(21(2)10-7-17-6-4-13-24-17)20-9-5-11-22-14-16-8-12-23-15-16;/h4,6,13,16H,3,5,7-12,14-15H2,1-2H3,(H,19,20);1H. The number of guanidine groups is 1. The minimum Gasteiger partial charge on any atom is -0.381 e. The van der Waals surface area contributed by atoms with Crippen molar-refractivity contribution in [3.8, 4) is 0 Å². The molecule has 0 spiro atoms. The summed E-state index contributed by atoms with van der Waals surface area (Å²) in [6, 6.07) is 4.30. The third-order valence-electron chi connectivity index (χ3n) is 4.06. The van der Waals surface area contributed by atoms with Gasteiger partial charge in [-0.25, -0.2) is 0 Å². The molecule has 7 heteroatoms. The van der Waals surface area contributed by atoms with Crippen LogP contribution in [0.25, 0.3) is 0 Å². The number of nitrogens with one attached hydrogen (secondary N) is 1. The van der Waals surface area contributed by atoms with Gasteiger partial charge in [-0.2, -0.15) is 0 Å². The fourth-order valence-electron chi connectivity index (χ4n) is 2.62. The second-order valence-electron chi connectivity index (χ2n) is 6.14. The van der Waals surface area contributed by atoms with Gasteiger partial charge in [0.05, 0.1) is 13.2 Å². The Bertz CT molecular complexity index is 465. The maximum atomic E-state index is 5.73. The molecule has 1 N–H and O–H groups in total. The Morgan fingerprint density at radius 1 is 1.52 bits per heavy atom. The maximum Gasteiger partial charge on any atom is 0.193 e. The van der Waals surface area contributed by atoms with Crippen LogP contribution < -0.4 is 5.32 Å². The fourth-order valence-corrected chi connectivity index (χ4v) is 3.32. The molecule has 0 bridgehead atoms. The number of thiophene rings is 1. The number of hydrogen-bond acceptors (Lipinski definition) is 4. The van der Waals surface area contributed by atoms with E-state index in [0.717, 1.165) is 71.3 Å². The van der Waals surface area contributed by atoms with Crippen molar-refractivity contribution in [1.82, 2.24) is 10.2 Å². The van der Waals surface area contributed by atoms with E-state index >= 15 is 0 Å². The van der Waals surface area contributed by atoms with E-state index in [1.165, 1.54) is 4.88 Å². The SMILES string of the molecule is CCNC(=NCCCOCC1CCOC1)N(C)CCc1cccs1.I. The number of likely N-dealkylation sites (N-methyl/N-ethyl adjacent to an activating group) is 1. The Balaban J connectivity index is 0.00000312. The smallest absolute Gasteiger partial charge is 0.193 e. The van der Waals surface area contributed by atoms with Crippen molar-refractivity contribution in [3.63, 3.8) is 0 Å². The Kier molecular flexibility index (Phi) is 12.5. The summed E-state index contributed by atoms with van der Waals surface area (Å²) in [5.74, 6) is 1.58. The van der Waals surface area contributed by atoms with Crippen LogP contribution in [0.4, 0.5) is 0 Å². The number of ether oxygens (including phenoxy) is 2. The Labute approximate surface area is 173 Å². The summed E-state index contributed by atoms with van der Waals surface area (Å²) in [7, 11) is 2.10. The molecule has 0 amide bonds.